The Morgan fingerprint density at radius 1 is 1.07 bits per heavy atom. The summed E-state index contributed by atoms with van der Waals surface area (Å²) in [6.07, 6.45) is -0.992. The second-order valence-electron chi connectivity index (χ2n) is 8.10. The number of thiophene rings is 1. The molecule has 0 spiro atoms. The molecule has 0 bridgehead atoms. The van der Waals surface area contributed by atoms with Crippen molar-refractivity contribution >= 4 is 39.8 Å². The van der Waals surface area contributed by atoms with Gasteiger partial charge >= 0.3 is 5.97 Å². The Bertz CT molecular complexity index is 941. The zero-order valence-corrected chi connectivity index (χ0v) is 18.7. The van der Waals surface area contributed by atoms with Gasteiger partial charge in [-0.3, -0.25) is 9.59 Å². The van der Waals surface area contributed by atoms with Crippen molar-refractivity contribution in [3.8, 4) is 0 Å². The highest BCUT2D eigenvalue weighted by Gasteiger charge is 2.28. The Kier molecular flexibility index (Phi) is 6.85. The van der Waals surface area contributed by atoms with Crippen LogP contribution in [0.15, 0.2) is 24.3 Å². The Labute approximate surface area is 175 Å². The van der Waals surface area contributed by atoms with Gasteiger partial charge < -0.3 is 15.4 Å². The van der Waals surface area contributed by atoms with Crippen molar-refractivity contribution in [2.45, 2.75) is 54.6 Å². The van der Waals surface area contributed by atoms with Gasteiger partial charge in [0, 0.05) is 16.0 Å². The Balaban J connectivity index is 2.15. The van der Waals surface area contributed by atoms with E-state index in [2.05, 4.69) is 10.6 Å². The fourth-order valence-electron chi connectivity index (χ4n) is 2.49. The monoisotopic (exact) mass is 416 g/mol. The lowest BCUT2D eigenvalue weighted by atomic mass is 9.96. The van der Waals surface area contributed by atoms with Crippen LogP contribution in [0.5, 0.6) is 0 Å². The number of esters is 1. The molecular weight excluding hydrogens is 388 g/mol. The van der Waals surface area contributed by atoms with Crippen molar-refractivity contribution in [3.63, 3.8) is 0 Å². The van der Waals surface area contributed by atoms with Crippen LogP contribution in [-0.2, 0) is 14.3 Å². The Hall–Kier alpha value is -2.67. The van der Waals surface area contributed by atoms with Crippen molar-refractivity contribution in [3.05, 3.63) is 45.8 Å². The molecule has 1 aromatic carbocycles. The van der Waals surface area contributed by atoms with Crippen LogP contribution in [0.2, 0.25) is 0 Å². The molecule has 0 radical (unpaired) electrons. The molecule has 0 saturated carbocycles. The van der Waals surface area contributed by atoms with Gasteiger partial charge in [0.15, 0.2) is 6.10 Å². The summed E-state index contributed by atoms with van der Waals surface area (Å²) in [5.74, 6) is -1.25. The van der Waals surface area contributed by atoms with E-state index in [1.165, 1.54) is 18.3 Å². The summed E-state index contributed by atoms with van der Waals surface area (Å²) in [6.45, 7) is 12.5. The van der Waals surface area contributed by atoms with Crippen LogP contribution in [0.4, 0.5) is 10.7 Å². The first-order chi connectivity index (χ1) is 13.4. The van der Waals surface area contributed by atoms with Crippen LogP contribution in [-0.4, -0.2) is 23.9 Å². The summed E-state index contributed by atoms with van der Waals surface area (Å²) in [6, 6.07) is 7.36. The van der Waals surface area contributed by atoms with E-state index in [1.807, 2.05) is 32.0 Å². The zero-order chi connectivity index (χ0) is 21.9. The van der Waals surface area contributed by atoms with Gasteiger partial charge in [-0.25, -0.2) is 4.79 Å². The summed E-state index contributed by atoms with van der Waals surface area (Å²) in [5, 5.41) is 6.00. The van der Waals surface area contributed by atoms with Crippen LogP contribution >= 0.6 is 11.3 Å². The fraction of sp³-hybridized carbons (Fsp3) is 0.409. The highest BCUT2D eigenvalue weighted by atomic mass is 32.1. The number of rotatable bonds is 5. The van der Waals surface area contributed by atoms with E-state index < -0.39 is 23.4 Å². The minimum absolute atomic E-state index is 0.196. The zero-order valence-electron chi connectivity index (χ0n) is 17.9. The van der Waals surface area contributed by atoms with Crippen LogP contribution in [0, 0.1) is 26.2 Å². The number of nitrogens with one attached hydrogen (secondary N) is 2. The molecule has 6 nitrogen and oxygen atoms in total. The Morgan fingerprint density at radius 2 is 1.72 bits per heavy atom. The van der Waals surface area contributed by atoms with Gasteiger partial charge in [0.2, 0.25) is 5.91 Å². The summed E-state index contributed by atoms with van der Waals surface area (Å²) < 4.78 is 5.41. The van der Waals surface area contributed by atoms with Crippen LogP contribution in [0.1, 0.15) is 54.1 Å². The number of ether oxygens (including phenoxy) is 1. The molecule has 0 fully saturated rings. The third-order valence-electron chi connectivity index (χ3n) is 4.44. The first-order valence-electron chi connectivity index (χ1n) is 9.40. The second-order valence-corrected chi connectivity index (χ2v) is 9.32. The molecule has 2 amide bonds. The third-order valence-corrected chi connectivity index (χ3v) is 5.56. The molecule has 0 aliphatic carbocycles. The number of amides is 2. The maximum Gasteiger partial charge on any atom is 0.342 e. The summed E-state index contributed by atoms with van der Waals surface area (Å²) in [4.78, 5) is 38.5. The van der Waals surface area contributed by atoms with Crippen LogP contribution in [0.3, 0.4) is 0 Å². The van der Waals surface area contributed by atoms with Gasteiger partial charge in [-0.1, -0.05) is 32.9 Å². The number of hydrogen-bond donors (Lipinski definition) is 2. The molecule has 1 atom stereocenters. The minimum atomic E-state index is -0.992. The van der Waals surface area contributed by atoms with Gasteiger partial charge in [-0.15, -0.1) is 11.3 Å². The molecule has 29 heavy (non-hydrogen) atoms. The molecule has 0 aliphatic rings. The van der Waals surface area contributed by atoms with Gasteiger partial charge in [-0.05, 0) is 51.0 Å². The summed E-state index contributed by atoms with van der Waals surface area (Å²) in [5.41, 5.74) is 2.07. The molecule has 2 aromatic rings. The smallest absolute Gasteiger partial charge is 0.342 e. The maximum atomic E-state index is 12.8. The normalized spacial score (nSPS) is 12.2. The minimum Gasteiger partial charge on any atom is -0.449 e. The summed E-state index contributed by atoms with van der Waals surface area (Å²) >= 11 is 1.32. The van der Waals surface area contributed by atoms with Crippen molar-refractivity contribution in [1.29, 1.82) is 0 Å². The largest absolute Gasteiger partial charge is 0.449 e. The van der Waals surface area contributed by atoms with Gasteiger partial charge in [0.1, 0.15) is 5.00 Å². The van der Waals surface area contributed by atoms with Crippen LogP contribution < -0.4 is 10.6 Å². The fourth-order valence-corrected chi connectivity index (χ4v) is 3.53. The standard InChI is InChI=1S/C22H28N2O4S/c1-12-9-8-10-16(11-12)23-18(25)14(3)28-20(26)17-13(2)15(4)29-19(17)24-21(27)22(5,6)7/h8-11,14H,1-7H3,(H,23,25)(H,24,27)/t14-/m0/s1. The quantitative estimate of drug-likeness (QED) is 0.683. The van der Waals surface area contributed by atoms with Crippen molar-refractivity contribution in [2.75, 3.05) is 10.6 Å². The van der Waals surface area contributed by atoms with Gasteiger partial charge in [0.05, 0.1) is 5.56 Å². The molecule has 1 aromatic heterocycles. The average Bonchev–Trinajstić information content (AvgIpc) is 2.87. The first kappa shape index (κ1) is 22.6. The lowest BCUT2D eigenvalue weighted by Crippen LogP contribution is -2.31. The number of aryl methyl sites for hydroxylation is 2. The number of carbonyl (C=O) groups is 3. The van der Waals surface area contributed by atoms with Gasteiger partial charge in [0.25, 0.3) is 5.91 Å². The van der Waals surface area contributed by atoms with E-state index in [0.717, 1.165) is 16.0 Å². The molecule has 7 heteroatoms. The lowest BCUT2D eigenvalue weighted by Gasteiger charge is -2.18. The number of hydrogen-bond acceptors (Lipinski definition) is 5. The number of anilines is 2. The molecule has 0 unspecified atom stereocenters. The van der Waals surface area contributed by atoms with E-state index in [-0.39, 0.29) is 5.91 Å². The highest BCUT2D eigenvalue weighted by molar-refractivity contribution is 7.16. The second kappa shape index (κ2) is 8.78. The molecule has 156 valence electrons. The highest BCUT2D eigenvalue weighted by Crippen LogP contribution is 2.34. The Morgan fingerprint density at radius 3 is 2.31 bits per heavy atom. The maximum absolute atomic E-state index is 12.8. The lowest BCUT2D eigenvalue weighted by molar-refractivity contribution is -0.124. The topological polar surface area (TPSA) is 84.5 Å². The van der Waals surface area contributed by atoms with E-state index in [9.17, 15) is 14.4 Å². The number of benzene rings is 1. The average molecular weight is 417 g/mol. The van der Waals surface area contributed by atoms with E-state index >= 15 is 0 Å². The van der Waals surface area contributed by atoms with E-state index in [4.69, 9.17) is 4.74 Å². The first-order valence-corrected chi connectivity index (χ1v) is 10.2. The molecule has 2 rings (SSSR count). The van der Waals surface area contributed by atoms with Crippen molar-refractivity contribution in [1.82, 2.24) is 0 Å². The molecular formula is C22H28N2O4S. The van der Waals surface area contributed by atoms with Gasteiger partial charge in [-0.2, -0.15) is 0 Å². The SMILES string of the molecule is Cc1cccc(NC(=O)[C@H](C)OC(=O)c2c(NC(=O)C(C)(C)C)sc(C)c2C)c1. The molecule has 0 aliphatic heterocycles. The third kappa shape index (κ3) is 5.67. The predicted octanol–water partition coefficient (Wildman–Crippen LogP) is 4.84. The van der Waals surface area contributed by atoms with Crippen LogP contribution in [0.25, 0.3) is 0 Å². The number of carbonyl (C=O) groups excluding carboxylic acids is 3. The molecule has 1 heterocycles. The van der Waals surface area contributed by atoms with Crippen molar-refractivity contribution < 1.29 is 19.1 Å². The van der Waals surface area contributed by atoms with Crippen molar-refractivity contribution in [2.24, 2.45) is 5.41 Å². The molecule has 2 N–H and O–H groups in total. The molecule has 0 saturated heterocycles. The predicted molar refractivity (Wildman–Crippen MR) is 117 cm³/mol. The van der Waals surface area contributed by atoms with E-state index in [0.29, 0.717) is 16.3 Å². The summed E-state index contributed by atoms with van der Waals surface area (Å²) in [7, 11) is 0. The van der Waals surface area contributed by atoms with E-state index in [1.54, 1.807) is 33.8 Å².